The van der Waals surface area contributed by atoms with Gasteiger partial charge in [0.15, 0.2) is 0 Å². The summed E-state index contributed by atoms with van der Waals surface area (Å²) in [6, 6.07) is 5.21. The molecule has 1 aliphatic rings. The van der Waals surface area contributed by atoms with E-state index in [4.69, 9.17) is 9.47 Å². The molecule has 108 valence electrons. The average molecular weight is 277 g/mol. The highest BCUT2D eigenvalue weighted by Gasteiger charge is 2.40. The molecule has 5 heteroatoms. The van der Waals surface area contributed by atoms with Crippen molar-refractivity contribution < 1.29 is 19.1 Å². The predicted molar refractivity (Wildman–Crippen MR) is 75.1 cm³/mol. The van der Waals surface area contributed by atoms with Crippen LogP contribution in [0.4, 0.5) is 10.5 Å². The topological polar surface area (TPSA) is 55.8 Å². The molecule has 1 aliphatic heterocycles. The number of amides is 2. The first kappa shape index (κ1) is 14.4. The lowest BCUT2D eigenvalue weighted by Crippen LogP contribution is -2.39. The summed E-state index contributed by atoms with van der Waals surface area (Å²) in [6.07, 6.45) is -0.640. The Balaban J connectivity index is 2.38. The molecule has 1 unspecified atom stereocenters. The van der Waals surface area contributed by atoms with Gasteiger partial charge in [-0.3, -0.25) is 4.79 Å². The first-order chi connectivity index (χ1) is 9.24. The number of carbonyl (C=O) groups is 2. The number of hydrogen-bond acceptors (Lipinski definition) is 4. The van der Waals surface area contributed by atoms with Gasteiger partial charge in [-0.05, 0) is 51.5 Å². The van der Waals surface area contributed by atoms with Gasteiger partial charge >= 0.3 is 6.09 Å². The normalized spacial score (nSPS) is 17.9. The number of fused-ring (bicyclic) bond motifs is 1. The largest absolute Gasteiger partial charge is 0.497 e. The molecule has 1 aromatic carbocycles. The molecule has 5 nitrogen and oxygen atoms in total. The number of imide groups is 1. The van der Waals surface area contributed by atoms with Gasteiger partial charge in [0, 0.05) is 0 Å². The summed E-state index contributed by atoms with van der Waals surface area (Å²) >= 11 is 0. The van der Waals surface area contributed by atoms with Crippen molar-refractivity contribution in [1.29, 1.82) is 0 Å². The second kappa shape index (κ2) is 4.81. The van der Waals surface area contributed by atoms with Gasteiger partial charge in [-0.2, -0.15) is 0 Å². The lowest BCUT2D eigenvalue weighted by Gasteiger charge is -2.23. The molecule has 0 N–H and O–H groups in total. The number of methoxy groups -OCH3 is 1. The fourth-order valence-electron chi connectivity index (χ4n) is 2.15. The van der Waals surface area contributed by atoms with Crippen LogP contribution >= 0.6 is 0 Å². The van der Waals surface area contributed by atoms with Gasteiger partial charge in [-0.1, -0.05) is 0 Å². The minimum atomic E-state index is -0.643. The molecule has 0 fully saturated rings. The Labute approximate surface area is 118 Å². The van der Waals surface area contributed by atoms with Gasteiger partial charge in [-0.25, -0.2) is 9.69 Å². The first-order valence-corrected chi connectivity index (χ1v) is 6.49. The van der Waals surface area contributed by atoms with Gasteiger partial charge in [0.2, 0.25) is 5.91 Å². The van der Waals surface area contributed by atoms with Crippen LogP contribution in [0.15, 0.2) is 18.2 Å². The van der Waals surface area contributed by atoms with Crippen LogP contribution in [-0.2, 0) is 9.53 Å². The van der Waals surface area contributed by atoms with E-state index in [1.807, 2.05) is 0 Å². The molecule has 0 radical (unpaired) electrons. The Bertz CT molecular complexity index is 559. The Kier molecular flexibility index (Phi) is 3.46. The monoisotopic (exact) mass is 277 g/mol. The Morgan fingerprint density at radius 2 is 1.95 bits per heavy atom. The van der Waals surface area contributed by atoms with E-state index in [1.54, 1.807) is 53.0 Å². The zero-order chi connectivity index (χ0) is 15.1. The molecule has 2 rings (SSSR count). The molecule has 0 aliphatic carbocycles. The second-order valence-corrected chi connectivity index (χ2v) is 5.80. The van der Waals surface area contributed by atoms with Gasteiger partial charge in [0.25, 0.3) is 0 Å². The summed E-state index contributed by atoms with van der Waals surface area (Å²) in [6.45, 7) is 7.07. The number of ether oxygens (including phenoxy) is 2. The number of rotatable bonds is 1. The number of carbonyl (C=O) groups excluding carboxylic acids is 2. The van der Waals surface area contributed by atoms with Gasteiger partial charge in [-0.15, -0.1) is 0 Å². The number of nitrogens with zero attached hydrogens (tertiary/aromatic N) is 1. The average Bonchev–Trinajstić information content (AvgIpc) is 2.59. The molecule has 2 amide bonds. The maximum absolute atomic E-state index is 12.3. The van der Waals surface area contributed by atoms with E-state index >= 15 is 0 Å². The van der Waals surface area contributed by atoms with Crippen LogP contribution in [-0.4, -0.2) is 24.7 Å². The maximum Gasteiger partial charge on any atom is 0.421 e. The van der Waals surface area contributed by atoms with Crippen LogP contribution in [0.25, 0.3) is 0 Å². The maximum atomic E-state index is 12.3. The summed E-state index contributed by atoms with van der Waals surface area (Å²) in [5, 5.41) is 0. The lowest BCUT2D eigenvalue weighted by molar-refractivity contribution is -0.118. The summed E-state index contributed by atoms with van der Waals surface area (Å²) in [5.74, 6) is 0.00422. The zero-order valence-electron chi connectivity index (χ0n) is 12.4. The molecule has 0 spiro atoms. The molecular weight excluding hydrogens is 258 g/mol. The van der Waals surface area contributed by atoms with Crippen molar-refractivity contribution in [1.82, 2.24) is 0 Å². The zero-order valence-corrected chi connectivity index (χ0v) is 12.4. The van der Waals surface area contributed by atoms with E-state index in [-0.39, 0.29) is 11.8 Å². The van der Waals surface area contributed by atoms with Crippen LogP contribution in [0.1, 0.15) is 39.2 Å². The highest BCUT2D eigenvalue weighted by molar-refractivity contribution is 6.19. The fourth-order valence-corrected chi connectivity index (χ4v) is 2.15. The van der Waals surface area contributed by atoms with Crippen LogP contribution < -0.4 is 9.64 Å². The molecule has 1 heterocycles. The quantitative estimate of drug-likeness (QED) is 0.791. The molecule has 20 heavy (non-hydrogen) atoms. The van der Waals surface area contributed by atoms with E-state index in [1.165, 1.54) is 0 Å². The third kappa shape index (κ3) is 2.48. The minimum absolute atomic E-state index is 0.275. The van der Waals surface area contributed by atoms with E-state index < -0.39 is 11.7 Å². The number of hydrogen-bond donors (Lipinski definition) is 0. The van der Waals surface area contributed by atoms with Crippen molar-refractivity contribution >= 4 is 17.7 Å². The number of anilines is 1. The molecule has 0 aromatic heterocycles. The Hall–Kier alpha value is -2.04. The van der Waals surface area contributed by atoms with E-state index in [9.17, 15) is 9.59 Å². The summed E-state index contributed by atoms with van der Waals surface area (Å²) in [7, 11) is 1.56. The lowest BCUT2D eigenvalue weighted by atomic mass is 10.0. The van der Waals surface area contributed by atoms with Crippen LogP contribution in [0.3, 0.4) is 0 Å². The summed E-state index contributed by atoms with van der Waals surface area (Å²) in [4.78, 5) is 25.6. The summed E-state index contributed by atoms with van der Waals surface area (Å²) in [5.41, 5.74) is 0.702. The van der Waals surface area contributed by atoms with Crippen molar-refractivity contribution in [3.63, 3.8) is 0 Å². The van der Waals surface area contributed by atoms with Crippen molar-refractivity contribution in [2.24, 2.45) is 0 Å². The standard InChI is InChI=1S/C15H19NO4/c1-9-11-8-10(19-5)6-7-12(11)16(13(9)17)14(18)20-15(2,3)4/h6-9H,1-5H3. The summed E-state index contributed by atoms with van der Waals surface area (Å²) < 4.78 is 10.4. The molecule has 1 aromatic rings. The van der Waals surface area contributed by atoms with Crippen LogP contribution in [0.2, 0.25) is 0 Å². The highest BCUT2D eigenvalue weighted by atomic mass is 16.6. The van der Waals surface area contributed by atoms with E-state index in [0.29, 0.717) is 11.4 Å². The SMILES string of the molecule is COc1ccc2c(c1)C(C)C(=O)N2C(=O)OC(C)(C)C. The van der Waals surface area contributed by atoms with E-state index in [2.05, 4.69) is 0 Å². The van der Waals surface area contributed by atoms with Gasteiger partial charge < -0.3 is 9.47 Å². The van der Waals surface area contributed by atoms with Crippen LogP contribution in [0.5, 0.6) is 5.75 Å². The minimum Gasteiger partial charge on any atom is -0.497 e. The Morgan fingerprint density at radius 1 is 1.30 bits per heavy atom. The second-order valence-electron chi connectivity index (χ2n) is 5.80. The molecule has 0 bridgehead atoms. The third-order valence-corrected chi connectivity index (χ3v) is 3.11. The predicted octanol–water partition coefficient (Wildman–Crippen LogP) is 3.08. The van der Waals surface area contributed by atoms with Crippen molar-refractivity contribution in [2.75, 3.05) is 12.0 Å². The Morgan fingerprint density at radius 3 is 2.50 bits per heavy atom. The smallest absolute Gasteiger partial charge is 0.421 e. The van der Waals surface area contributed by atoms with Crippen molar-refractivity contribution in [3.8, 4) is 5.75 Å². The van der Waals surface area contributed by atoms with Gasteiger partial charge in [0.1, 0.15) is 11.4 Å². The van der Waals surface area contributed by atoms with Gasteiger partial charge in [0.05, 0.1) is 18.7 Å². The number of benzene rings is 1. The molecule has 0 saturated carbocycles. The third-order valence-electron chi connectivity index (χ3n) is 3.11. The molecule has 1 atom stereocenters. The van der Waals surface area contributed by atoms with Crippen LogP contribution in [0, 0.1) is 0 Å². The van der Waals surface area contributed by atoms with Crippen molar-refractivity contribution in [2.45, 2.75) is 39.2 Å². The molecule has 0 saturated heterocycles. The van der Waals surface area contributed by atoms with E-state index in [0.717, 1.165) is 10.5 Å². The van der Waals surface area contributed by atoms with Crippen molar-refractivity contribution in [3.05, 3.63) is 23.8 Å². The fraction of sp³-hybridized carbons (Fsp3) is 0.467. The highest BCUT2D eigenvalue weighted by Crippen LogP contribution is 2.39. The molecular formula is C15H19NO4. The first-order valence-electron chi connectivity index (χ1n) is 6.49.